The van der Waals surface area contributed by atoms with Gasteiger partial charge in [0.2, 0.25) is 0 Å². The van der Waals surface area contributed by atoms with E-state index in [2.05, 4.69) is 4.99 Å². The van der Waals surface area contributed by atoms with E-state index in [1.807, 2.05) is 6.07 Å². The minimum atomic E-state index is -0.898. The fourth-order valence-corrected chi connectivity index (χ4v) is 3.80. The molecule has 6 heteroatoms. The van der Waals surface area contributed by atoms with E-state index in [0.717, 1.165) is 16.2 Å². The van der Waals surface area contributed by atoms with Gasteiger partial charge < -0.3 is 15.9 Å². The predicted octanol–water partition coefficient (Wildman–Crippen LogP) is 0.697. The number of thioether (sulfide) groups is 1. The van der Waals surface area contributed by atoms with Crippen molar-refractivity contribution in [3.05, 3.63) is 23.8 Å². The average molecular weight is 264 g/mol. The molecule has 0 amide bonds. The molecule has 0 saturated carbocycles. The topological polar surface area (TPSA) is 95.9 Å². The second-order valence-corrected chi connectivity index (χ2v) is 5.65. The van der Waals surface area contributed by atoms with Gasteiger partial charge in [0.05, 0.1) is 23.4 Å². The summed E-state index contributed by atoms with van der Waals surface area (Å²) in [7, 11) is 0. The lowest BCUT2D eigenvalue weighted by molar-refractivity contribution is -0.142. The van der Waals surface area contributed by atoms with E-state index in [1.165, 1.54) is 11.8 Å². The molecule has 0 saturated heterocycles. The molecular formula is C12H12N2O3S. The third-order valence-electron chi connectivity index (χ3n) is 3.35. The Morgan fingerprint density at radius 2 is 2.28 bits per heavy atom. The van der Waals surface area contributed by atoms with Crippen molar-refractivity contribution in [3.8, 4) is 5.75 Å². The molecule has 0 aliphatic carbocycles. The minimum absolute atomic E-state index is 0.128. The summed E-state index contributed by atoms with van der Waals surface area (Å²) in [4.78, 5) is 16.4. The van der Waals surface area contributed by atoms with E-state index in [1.54, 1.807) is 12.1 Å². The lowest BCUT2D eigenvalue weighted by Crippen LogP contribution is -2.50. The molecule has 1 aromatic carbocycles. The van der Waals surface area contributed by atoms with E-state index in [-0.39, 0.29) is 17.5 Å². The summed E-state index contributed by atoms with van der Waals surface area (Å²) >= 11 is 1.48. The molecular weight excluding hydrogens is 252 g/mol. The lowest BCUT2D eigenvalue weighted by atomic mass is 9.90. The first-order valence-corrected chi connectivity index (χ1v) is 6.48. The number of hydrogen-bond donors (Lipinski definition) is 3. The normalized spacial score (nSPS) is 29.4. The molecule has 2 heterocycles. The molecule has 1 aromatic rings. The molecule has 5 nitrogen and oxygen atoms in total. The van der Waals surface area contributed by atoms with Gasteiger partial charge in [-0.1, -0.05) is 0 Å². The second-order valence-electron chi connectivity index (χ2n) is 4.47. The van der Waals surface area contributed by atoms with Crippen LogP contribution in [-0.4, -0.2) is 39.7 Å². The molecule has 0 fully saturated rings. The van der Waals surface area contributed by atoms with Gasteiger partial charge in [-0.15, -0.1) is 11.8 Å². The standard InChI is InChI=1S/C12H12N2O3S/c13-9-7(12(16)17)4-14-10-6-2-1-5(15)3-8(6)18-11(9)10/h1-3,7,9,11,15H,4,13H2,(H,16,17). The Balaban J connectivity index is 2.00. The van der Waals surface area contributed by atoms with Gasteiger partial charge in [-0.05, 0) is 18.2 Å². The Labute approximate surface area is 108 Å². The maximum Gasteiger partial charge on any atom is 0.310 e. The molecule has 0 aromatic heterocycles. The number of benzene rings is 1. The highest BCUT2D eigenvalue weighted by Crippen LogP contribution is 2.43. The molecule has 3 rings (SSSR count). The van der Waals surface area contributed by atoms with Crippen molar-refractivity contribution in [1.82, 2.24) is 0 Å². The summed E-state index contributed by atoms with van der Waals surface area (Å²) in [5.74, 6) is -1.33. The average Bonchev–Trinajstić information content (AvgIpc) is 2.67. The summed E-state index contributed by atoms with van der Waals surface area (Å²) in [6.45, 7) is 0.225. The van der Waals surface area contributed by atoms with Gasteiger partial charge in [0.25, 0.3) is 0 Å². The number of hydrogen-bond acceptors (Lipinski definition) is 5. The smallest absolute Gasteiger partial charge is 0.310 e. The third kappa shape index (κ3) is 1.60. The van der Waals surface area contributed by atoms with Crippen LogP contribution in [0.1, 0.15) is 5.56 Å². The molecule has 0 radical (unpaired) electrons. The monoisotopic (exact) mass is 264 g/mol. The summed E-state index contributed by atoms with van der Waals surface area (Å²) in [6, 6.07) is 4.64. The van der Waals surface area contributed by atoms with Crippen LogP contribution in [0.4, 0.5) is 0 Å². The van der Waals surface area contributed by atoms with Crippen LogP contribution in [0.2, 0.25) is 0 Å². The fourth-order valence-electron chi connectivity index (χ4n) is 2.37. The van der Waals surface area contributed by atoms with E-state index in [4.69, 9.17) is 10.8 Å². The van der Waals surface area contributed by atoms with Crippen LogP contribution in [0.25, 0.3) is 0 Å². The molecule has 18 heavy (non-hydrogen) atoms. The van der Waals surface area contributed by atoms with Crippen LogP contribution in [0.5, 0.6) is 5.75 Å². The van der Waals surface area contributed by atoms with Gasteiger partial charge in [-0.2, -0.15) is 0 Å². The number of phenolic OH excluding ortho intramolecular Hbond substituents is 1. The SMILES string of the molecule is NC1C(C(=O)O)CN=C2c3ccc(O)cc3SC21. The molecule has 3 atom stereocenters. The third-order valence-corrected chi connectivity index (χ3v) is 4.74. The number of aliphatic imine (C=N–C) groups is 1. The highest BCUT2D eigenvalue weighted by atomic mass is 32.2. The van der Waals surface area contributed by atoms with Crippen molar-refractivity contribution >= 4 is 23.4 Å². The van der Waals surface area contributed by atoms with Crippen molar-refractivity contribution in [2.75, 3.05) is 6.54 Å². The van der Waals surface area contributed by atoms with Gasteiger partial charge in [0.15, 0.2) is 0 Å². The van der Waals surface area contributed by atoms with Crippen molar-refractivity contribution in [2.24, 2.45) is 16.6 Å². The summed E-state index contributed by atoms with van der Waals surface area (Å²) in [5, 5.41) is 18.4. The van der Waals surface area contributed by atoms with Gasteiger partial charge in [0.1, 0.15) is 5.75 Å². The first-order valence-electron chi connectivity index (χ1n) is 5.60. The lowest BCUT2D eigenvalue weighted by Gasteiger charge is -2.28. The van der Waals surface area contributed by atoms with E-state index >= 15 is 0 Å². The van der Waals surface area contributed by atoms with Gasteiger partial charge in [-0.3, -0.25) is 9.79 Å². The number of aliphatic carboxylic acids is 1. The maximum absolute atomic E-state index is 11.1. The highest BCUT2D eigenvalue weighted by molar-refractivity contribution is 8.01. The number of rotatable bonds is 1. The summed E-state index contributed by atoms with van der Waals surface area (Å²) in [6.07, 6.45) is 0. The number of nitrogens with two attached hydrogens (primary N) is 1. The van der Waals surface area contributed by atoms with Crippen LogP contribution < -0.4 is 5.73 Å². The first kappa shape index (κ1) is 11.6. The summed E-state index contributed by atoms with van der Waals surface area (Å²) < 4.78 is 0. The molecule has 4 N–H and O–H groups in total. The van der Waals surface area contributed by atoms with Crippen LogP contribution in [0, 0.1) is 5.92 Å². The van der Waals surface area contributed by atoms with Crippen LogP contribution in [0.3, 0.4) is 0 Å². The van der Waals surface area contributed by atoms with E-state index in [0.29, 0.717) is 0 Å². The molecule has 2 aliphatic heterocycles. The molecule has 0 bridgehead atoms. The zero-order valence-electron chi connectivity index (χ0n) is 9.41. The number of phenols is 1. The van der Waals surface area contributed by atoms with Gasteiger partial charge in [0, 0.05) is 16.5 Å². The van der Waals surface area contributed by atoms with Crippen molar-refractivity contribution in [1.29, 1.82) is 0 Å². The Hall–Kier alpha value is -1.53. The zero-order chi connectivity index (χ0) is 12.9. The Morgan fingerprint density at radius 1 is 1.50 bits per heavy atom. The quantitative estimate of drug-likeness (QED) is 0.694. The largest absolute Gasteiger partial charge is 0.508 e. The van der Waals surface area contributed by atoms with Crippen LogP contribution in [-0.2, 0) is 4.79 Å². The van der Waals surface area contributed by atoms with Gasteiger partial charge >= 0.3 is 5.97 Å². The highest BCUT2D eigenvalue weighted by Gasteiger charge is 2.42. The van der Waals surface area contributed by atoms with Gasteiger partial charge in [-0.25, -0.2) is 0 Å². The fraction of sp³-hybridized carbons (Fsp3) is 0.333. The molecule has 0 spiro atoms. The first-order chi connectivity index (χ1) is 8.58. The van der Waals surface area contributed by atoms with E-state index < -0.39 is 17.9 Å². The molecule has 3 unspecified atom stereocenters. The zero-order valence-corrected chi connectivity index (χ0v) is 10.2. The number of carboxylic acids is 1. The number of fused-ring (bicyclic) bond motifs is 3. The second kappa shape index (κ2) is 4.00. The maximum atomic E-state index is 11.1. The number of carbonyl (C=O) groups is 1. The number of aromatic hydroxyl groups is 1. The number of nitrogens with zero attached hydrogens (tertiary/aromatic N) is 1. The van der Waals surface area contributed by atoms with Crippen LogP contribution >= 0.6 is 11.8 Å². The Kier molecular flexibility index (Phi) is 2.57. The van der Waals surface area contributed by atoms with Crippen molar-refractivity contribution in [3.63, 3.8) is 0 Å². The van der Waals surface area contributed by atoms with Crippen molar-refractivity contribution in [2.45, 2.75) is 16.2 Å². The van der Waals surface area contributed by atoms with E-state index in [9.17, 15) is 9.90 Å². The van der Waals surface area contributed by atoms with Crippen LogP contribution in [0.15, 0.2) is 28.1 Å². The number of carboxylic acid groups (broad SMARTS) is 1. The predicted molar refractivity (Wildman–Crippen MR) is 68.3 cm³/mol. The molecule has 94 valence electrons. The Morgan fingerprint density at radius 3 is 3.00 bits per heavy atom. The molecule has 2 aliphatic rings. The van der Waals surface area contributed by atoms with Crippen molar-refractivity contribution < 1.29 is 15.0 Å². The summed E-state index contributed by atoms with van der Waals surface area (Å²) in [5.41, 5.74) is 7.86. The minimum Gasteiger partial charge on any atom is -0.508 e. The Bertz CT molecular complexity index is 558.